The highest BCUT2D eigenvalue weighted by Gasteiger charge is 2.39. The van der Waals surface area contributed by atoms with Gasteiger partial charge in [-0.25, -0.2) is 0 Å². The summed E-state index contributed by atoms with van der Waals surface area (Å²) in [5.74, 6) is 0.723. The van der Waals surface area contributed by atoms with Crippen molar-refractivity contribution in [2.75, 3.05) is 0 Å². The van der Waals surface area contributed by atoms with E-state index in [1.54, 1.807) is 6.07 Å². The molecule has 0 fully saturated rings. The maximum absolute atomic E-state index is 10.2. The molecule has 2 aromatic rings. The summed E-state index contributed by atoms with van der Waals surface area (Å²) in [5.41, 5.74) is 0. The van der Waals surface area contributed by atoms with Crippen LogP contribution in [0.1, 0.15) is 20.8 Å². The van der Waals surface area contributed by atoms with E-state index >= 15 is 0 Å². The Morgan fingerprint density at radius 2 is 1.70 bits per heavy atom. The molecule has 0 amide bonds. The maximum Gasteiger partial charge on any atom is 0.250 e. The summed E-state index contributed by atoms with van der Waals surface area (Å²) in [6.07, 6.45) is 0. The Balaban J connectivity index is 2.59. The first-order chi connectivity index (χ1) is 9.12. The lowest BCUT2D eigenvalue weighted by Crippen LogP contribution is -2.43. The molecule has 0 saturated carbocycles. The highest BCUT2D eigenvalue weighted by Crippen LogP contribution is 2.43. The minimum atomic E-state index is -2.01. The predicted molar refractivity (Wildman–Crippen MR) is 88.4 cm³/mol. The molecule has 0 aliphatic heterocycles. The van der Waals surface area contributed by atoms with Gasteiger partial charge in [0.1, 0.15) is 0 Å². The van der Waals surface area contributed by atoms with Gasteiger partial charge in [-0.3, -0.25) is 0 Å². The number of benzene rings is 2. The Labute approximate surface area is 126 Å². The Bertz CT molecular complexity index is 639. The lowest BCUT2D eigenvalue weighted by atomic mass is 10.1. The second kappa shape index (κ2) is 4.97. The molecule has 108 valence electrons. The second-order valence-corrected chi connectivity index (χ2v) is 11.8. The van der Waals surface area contributed by atoms with Crippen LogP contribution >= 0.6 is 11.6 Å². The van der Waals surface area contributed by atoms with Crippen molar-refractivity contribution in [3.63, 3.8) is 0 Å². The quantitative estimate of drug-likeness (QED) is 0.733. The molecule has 0 radical (unpaired) electrons. The summed E-state index contributed by atoms with van der Waals surface area (Å²) in [6.45, 7) is 10.8. The molecule has 2 rings (SSSR count). The number of phenolic OH excluding ortho intramolecular Hbond substituents is 1. The first kappa shape index (κ1) is 15.2. The van der Waals surface area contributed by atoms with Crippen LogP contribution in [0.3, 0.4) is 0 Å². The van der Waals surface area contributed by atoms with Gasteiger partial charge in [0.2, 0.25) is 0 Å². The first-order valence-electron chi connectivity index (χ1n) is 6.72. The molecule has 0 aromatic heterocycles. The summed E-state index contributed by atoms with van der Waals surface area (Å²) in [7, 11) is -2.01. The molecular weight excluding hydrogens is 288 g/mol. The Morgan fingerprint density at radius 3 is 2.30 bits per heavy atom. The summed E-state index contributed by atoms with van der Waals surface area (Å²) < 4.78 is 6.30. The SMILES string of the molecule is CC(C)(C)[Si](C)(C)Oc1c(O)ccc2ccc(Cl)cc12. The molecule has 0 saturated heterocycles. The van der Waals surface area contributed by atoms with E-state index < -0.39 is 8.32 Å². The molecule has 0 aliphatic carbocycles. The molecule has 0 aliphatic rings. The number of hydrogen-bond donors (Lipinski definition) is 1. The van der Waals surface area contributed by atoms with Crippen LogP contribution in [0, 0.1) is 0 Å². The zero-order valence-corrected chi connectivity index (χ0v) is 14.4. The van der Waals surface area contributed by atoms with Crippen molar-refractivity contribution < 1.29 is 9.53 Å². The summed E-state index contributed by atoms with van der Waals surface area (Å²) in [4.78, 5) is 0. The normalized spacial score (nSPS) is 12.7. The fourth-order valence-corrected chi connectivity index (χ4v) is 2.97. The zero-order chi connectivity index (χ0) is 15.1. The predicted octanol–water partition coefficient (Wildman–Crippen LogP) is 5.58. The van der Waals surface area contributed by atoms with Crippen molar-refractivity contribution in [1.82, 2.24) is 0 Å². The van der Waals surface area contributed by atoms with Crippen LogP contribution in [0.25, 0.3) is 10.8 Å². The van der Waals surface area contributed by atoms with Crippen LogP contribution in [0.5, 0.6) is 11.5 Å². The highest BCUT2D eigenvalue weighted by atomic mass is 35.5. The number of halogens is 1. The van der Waals surface area contributed by atoms with E-state index in [4.69, 9.17) is 16.0 Å². The average molecular weight is 309 g/mol. The molecule has 0 atom stereocenters. The molecule has 1 N–H and O–H groups in total. The third kappa shape index (κ3) is 2.79. The highest BCUT2D eigenvalue weighted by molar-refractivity contribution is 6.74. The number of aromatic hydroxyl groups is 1. The molecule has 20 heavy (non-hydrogen) atoms. The van der Waals surface area contributed by atoms with Gasteiger partial charge in [-0.15, -0.1) is 0 Å². The Kier molecular flexibility index (Phi) is 3.78. The molecule has 0 spiro atoms. The fraction of sp³-hybridized carbons (Fsp3) is 0.375. The van der Waals surface area contributed by atoms with Gasteiger partial charge in [0.05, 0.1) is 0 Å². The number of hydrogen-bond acceptors (Lipinski definition) is 2. The number of rotatable bonds is 2. The van der Waals surface area contributed by atoms with Gasteiger partial charge >= 0.3 is 0 Å². The molecular formula is C16H21ClO2Si. The smallest absolute Gasteiger partial charge is 0.250 e. The van der Waals surface area contributed by atoms with E-state index in [-0.39, 0.29) is 10.8 Å². The van der Waals surface area contributed by atoms with Gasteiger partial charge in [-0.2, -0.15) is 0 Å². The van der Waals surface area contributed by atoms with Crippen molar-refractivity contribution in [3.05, 3.63) is 35.4 Å². The van der Waals surface area contributed by atoms with Crippen LogP contribution in [-0.4, -0.2) is 13.4 Å². The average Bonchev–Trinajstić information content (AvgIpc) is 2.31. The van der Waals surface area contributed by atoms with Gasteiger partial charge in [0, 0.05) is 10.4 Å². The van der Waals surface area contributed by atoms with Gasteiger partial charge in [-0.1, -0.05) is 44.5 Å². The van der Waals surface area contributed by atoms with E-state index in [1.807, 2.05) is 24.3 Å². The monoisotopic (exact) mass is 308 g/mol. The Morgan fingerprint density at radius 1 is 1.10 bits per heavy atom. The van der Waals surface area contributed by atoms with Crippen molar-refractivity contribution in [3.8, 4) is 11.5 Å². The van der Waals surface area contributed by atoms with Gasteiger partial charge in [0.25, 0.3) is 8.32 Å². The lowest BCUT2D eigenvalue weighted by molar-refractivity contribution is 0.425. The minimum Gasteiger partial charge on any atom is -0.541 e. The maximum atomic E-state index is 10.2. The summed E-state index contributed by atoms with van der Waals surface area (Å²) in [5, 5.41) is 12.8. The third-order valence-corrected chi connectivity index (χ3v) is 8.64. The largest absolute Gasteiger partial charge is 0.541 e. The summed E-state index contributed by atoms with van der Waals surface area (Å²) in [6, 6.07) is 9.18. The van der Waals surface area contributed by atoms with Crippen molar-refractivity contribution >= 4 is 30.7 Å². The number of phenols is 1. The van der Waals surface area contributed by atoms with Gasteiger partial charge in [-0.05, 0) is 41.7 Å². The van der Waals surface area contributed by atoms with E-state index in [2.05, 4.69) is 33.9 Å². The Hall–Kier alpha value is -1.19. The van der Waals surface area contributed by atoms with E-state index in [0.717, 1.165) is 10.8 Å². The number of fused-ring (bicyclic) bond motifs is 1. The van der Waals surface area contributed by atoms with Crippen LogP contribution < -0.4 is 4.43 Å². The van der Waals surface area contributed by atoms with E-state index in [1.165, 1.54) is 0 Å². The molecule has 0 bridgehead atoms. The van der Waals surface area contributed by atoms with Crippen molar-refractivity contribution in [2.45, 2.75) is 38.9 Å². The molecule has 2 nitrogen and oxygen atoms in total. The first-order valence-corrected chi connectivity index (χ1v) is 10.0. The topological polar surface area (TPSA) is 29.5 Å². The van der Waals surface area contributed by atoms with Crippen LogP contribution in [0.4, 0.5) is 0 Å². The molecule has 4 heteroatoms. The minimum absolute atomic E-state index is 0.0696. The van der Waals surface area contributed by atoms with Crippen LogP contribution in [0.2, 0.25) is 23.2 Å². The van der Waals surface area contributed by atoms with Crippen molar-refractivity contribution in [1.29, 1.82) is 0 Å². The zero-order valence-electron chi connectivity index (χ0n) is 12.6. The van der Waals surface area contributed by atoms with Gasteiger partial charge < -0.3 is 9.53 Å². The molecule has 0 unspecified atom stereocenters. The van der Waals surface area contributed by atoms with E-state index in [9.17, 15) is 5.11 Å². The fourth-order valence-electron chi connectivity index (χ4n) is 1.77. The third-order valence-electron chi connectivity index (χ3n) is 4.08. The molecule has 0 heterocycles. The molecule has 2 aromatic carbocycles. The van der Waals surface area contributed by atoms with Crippen molar-refractivity contribution in [2.24, 2.45) is 0 Å². The standard InChI is InChI=1S/C16H21ClO2Si/c1-16(2,3)20(4,5)19-15-13-10-12(17)8-6-11(13)7-9-14(15)18/h6-10,18H,1-5H3. The van der Waals surface area contributed by atoms with Crippen LogP contribution in [0.15, 0.2) is 30.3 Å². The summed E-state index contributed by atoms with van der Waals surface area (Å²) >= 11 is 6.08. The second-order valence-electron chi connectivity index (χ2n) is 6.64. The van der Waals surface area contributed by atoms with E-state index in [0.29, 0.717) is 10.8 Å². The lowest BCUT2D eigenvalue weighted by Gasteiger charge is -2.36. The van der Waals surface area contributed by atoms with Crippen LogP contribution in [-0.2, 0) is 0 Å². The van der Waals surface area contributed by atoms with Gasteiger partial charge in [0.15, 0.2) is 11.5 Å².